The van der Waals surface area contributed by atoms with Gasteiger partial charge in [-0.2, -0.15) is 0 Å². The summed E-state index contributed by atoms with van der Waals surface area (Å²) in [6, 6.07) is 0.416. The highest BCUT2D eigenvalue weighted by molar-refractivity contribution is 5.76. The lowest BCUT2D eigenvalue weighted by molar-refractivity contribution is -0.210. The van der Waals surface area contributed by atoms with Gasteiger partial charge in [-0.05, 0) is 19.8 Å². The van der Waals surface area contributed by atoms with Crippen molar-refractivity contribution in [2.24, 2.45) is 5.41 Å². The van der Waals surface area contributed by atoms with Crippen molar-refractivity contribution in [2.75, 3.05) is 26.2 Å². The monoisotopic (exact) mass is 298 g/mol. The van der Waals surface area contributed by atoms with Crippen molar-refractivity contribution >= 4 is 5.91 Å². The number of carbonyl (C=O) groups excluding carboxylic acids is 1. The van der Waals surface area contributed by atoms with Crippen LogP contribution in [0.15, 0.2) is 0 Å². The van der Waals surface area contributed by atoms with Crippen LogP contribution in [0.3, 0.4) is 0 Å². The molecule has 0 aromatic carbocycles. The van der Waals surface area contributed by atoms with Gasteiger partial charge in [0.05, 0.1) is 12.2 Å². The molecule has 122 valence electrons. The van der Waals surface area contributed by atoms with Gasteiger partial charge in [0.15, 0.2) is 0 Å². The predicted molar refractivity (Wildman–Crippen MR) is 82.0 cm³/mol. The van der Waals surface area contributed by atoms with E-state index in [2.05, 4.69) is 19.2 Å². The molecule has 5 nitrogen and oxygen atoms in total. The zero-order chi connectivity index (χ0) is 15.5. The summed E-state index contributed by atoms with van der Waals surface area (Å²) in [5, 5.41) is 13.4. The van der Waals surface area contributed by atoms with E-state index in [0.29, 0.717) is 19.1 Å². The van der Waals surface area contributed by atoms with Crippen LogP contribution in [0.1, 0.15) is 46.5 Å². The summed E-state index contributed by atoms with van der Waals surface area (Å²) in [5.74, 6) is 0.222. The minimum atomic E-state index is -0.256. The van der Waals surface area contributed by atoms with Crippen LogP contribution >= 0.6 is 0 Å². The molecule has 5 heteroatoms. The van der Waals surface area contributed by atoms with E-state index in [0.717, 1.165) is 38.9 Å². The van der Waals surface area contributed by atoms with Gasteiger partial charge in [0.25, 0.3) is 0 Å². The van der Waals surface area contributed by atoms with Gasteiger partial charge in [0.1, 0.15) is 0 Å². The maximum Gasteiger partial charge on any atom is 0.223 e. The molecule has 0 aromatic heterocycles. The minimum Gasteiger partial charge on any atom is -0.392 e. The number of aliphatic hydroxyl groups is 1. The Kier molecular flexibility index (Phi) is 5.63. The van der Waals surface area contributed by atoms with Gasteiger partial charge >= 0.3 is 0 Å². The van der Waals surface area contributed by atoms with E-state index >= 15 is 0 Å². The number of hydrogen-bond acceptors (Lipinski definition) is 4. The number of rotatable bonds is 6. The summed E-state index contributed by atoms with van der Waals surface area (Å²) < 4.78 is 5.76. The van der Waals surface area contributed by atoms with E-state index < -0.39 is 0 Å². The Bertz CT molecular complexity index is 349. The fourth-order valence-corrected chi connectivity index (χ4v) is 3.61. The third-order valence-electron chi connectivity index (χ3n) is 5.05. The van der Waals surface area contributed by atoms with Crippen molar-refractivity contribution in [1.29, 1.82) is 0 Å². The summed E-state index contributed by atoms with van der Waals surface area (Å²) in [7, 11) is 0. The van der Waals surface area contributed by atoms with Gasteiger partial charge in [-0.3, -0.25) is 4.79 Å². The first kappa shape index (κ1) is 16.7. The molecule has 1 spiro atoms. The average Bonchev–Trinajstić information content (AvgIpc) is 2.47. The van der Waals surface area contributed by atoms with Crippen LogP contribution < -0.4 is 5.32 Å². The van der Waals surface area contributed by atoms with Crippen LogP contribution in [0.4, 0.5) is 0 Å². The first-order valence-corrected chi connectivity index (χ1v) is 8.30. The Morgan fingerprint density at radius 1 is 1.43 bits per heavy atom. The normalized spacial score (nSPS) is 28.0. The second-order valence-corrected chi connectivity index (χ2v) is 6.67. The number of aliphatic hydroxyl groups excluding tert-OH is 1. The van der Waals surface area contributed by atoms with Crippen LogP contribution in [-0.2, 0) is 9.53 Å². The van der Waals surface area contributed by atoms with Gasteiger partial charge in [0, 0.05) is 50.5 Å². The molecular formula is C16H30N2O3. The van der Waals surface area contributed by atoms with Gasteiger partial charge in [-0.1, -0.05) is 13.8 Å². The van der Waals surface area contributed by atoms with E-state index in [9.17, 15) is 9.90 Å². The highest BCUT2D eigenvalue weighted by Crippen LogP contribution is 2.50. The lowest BCUT2D eigenvalue weighted by Gasteiger charge is -2.56. The Morgan fingerprint density at radius 2 is 2.10 bits per heavy atom. The highest BCUT2D eigenvalue weighted by atomic mass is 16.5. The maximum absolute atomic E-state index is 12.2. The molecule has 1 amide bonds. The standard InChI is InChI=1S/C16H30N2O3/c1-4-21-14-11-13(19)16(14)6-9-18(10-7-16)15(20)5-8-17-12(2)3/h12-14,17,19H,4-11H2,1-3H3. The molecular weight excluding hydrogens is 268 g/mol. The minimum absolute atomic E-state index is 0.0943. The molecule has 0 radical (unpaired) electrons. The second kappa shape index (κ2) is 7.07. The van der Waals surface area contributed by atoms with Crippen LogP contribution in [-0.4, -0.2) is 60.4 Å². The SMILES string of the molecule is CCOC1CC(O)C12CCN(C(=O)CCNC(C)C)CC2. The van der Waals surface area contributed by atoms with Crippen molar-refractivity contribution in [3.63, 3.8) is 0 Å². The number of nitrogens with one attached hydrogen (secondary N) is 1. The molecule has 2 aliphatic rings. The summed E-state index contributed by atoms with van der Waals surface area (Å²) in [5.41, 5.74) is -0.0943. The average molecular weight is 298 g/mol. The molecule has 1 aliphatic heterocycles. The number of ether oxygens (including phenoxy) is 1. The van der Waals surface area contributed by atoms with E-state index in [-0.39, 0.29) is 23.5 Å². The lowest BCUT2D eigenvalue weighted by atomic mass is 9.58. The molecule has 2 atom stereocenters. The number of hydrogen-bond donors (Lipinski definition) is 2. The van der Waals surface area contributed by atoms with E-state index in [1.54, 1.807) is 0 Å². The van der Waals surface area contributed by atoms with Crippen molar-refractivity contribution < 1.29 is 14.6 Å². The molecule has 2 N–H and O–H groups in total. The number of piperidine rings is 1. The van der Waals surface area contributed by atoms with Crippen molar-refractivity contribution in [3.8, 4) is 0 Å². The summed E-state index contributed by atoms with van der Waals surface area (Å²) in [6.07, 6.45) is 2.96. The molecule has 2 unspecified atom stereocenters. The van der Waals surface area contributed by atoms with Gasteiger partial charge in [-0.25, -0.2) is 0 Å². The molecule has 1 saturated carbocycles. The number of nitrogens with zero attached hydrogens (tertiary/aromatic N) is 1. The fraction of sp³-hybridized carbons (Fsp3) is 0.938. The third-order valence-corrected chi connectivity index (χ3v) is 5.05. The summed E-state index contributed by atoms with van der Waals surface area (Å²) >= 11 is 0. The van der Waals surface area contributed by atoms with Crippen LogP contribution in [0, 0.1) is 5.41 Å². The Morgan fingerprint density at radius 3 is 2.62 bits per heavy atom. The molecule has 1 heterocycles. The molecule has 1 saturated heterocycles. The molecule has 1 aliphatic carbocycles. The van der Waals surface area contributed by atoms with Crippen molar-refractivity contribution in [3.05, 3.63) is 0 Å². The zero-order valence-corrected chi connectivity index (χ0v) is 13.6. The van der Waals surface area contributed by atoms with E-state index in [4.69, 9.17) is 4.74 Å². The lowest BCUT2D eigenvalue weighted by Crippen LogP contribution is -2.62. The molecule has 2 fully saturated rings. The smallest absolute Gasteiger partial charge is 0.223 e. The quantitative estimate of drug-likeness (QED) is 0.772. The van der Waals surface area contributed by atoms with Gasteiger partial charge < -0.3 is 20.1 Å². The highest BCUT2D eigenvalue weighted by Gasteiger charge is 2.56. The molecule has 21 heavy (non-hydrogen) atoms. The number of carbonyl (C=O) groups is 1. The summed E-state index contributed by atoms with van der Waals surface area (Å²) in [6.45, 7) is 9.11. The van der Waals surface area contributed by atoms with Gasteiger partial charge in [0.2, 0.25) is 5.91 Å². The predicted octanol–water partition coefficient (Wildman–Crippen LogP) is 1.15. The van der Waals surface area contributed by atoms with Crippen LogP contribution in [0.25, 0.3) is 0 Å². The van der Waals surface area contributed by atoms with Crippen molar-refractivity contribution in [1.82, 2.24) is 10.2 Å². The van der Waals surface area contributed by atoms with Crippen LogP contribution in [0.5, 0.6) is 0 Å². The summed E-state index contributed by atoms with van der Waals surface area (Å²) in [4.78, 5) is 14.1. The van der Waals surface area contributed by atoms with Crippen LogP contribution in [0.2, 0.25) is 0 Å². The Balaban J connectivity index is 1.78. The molecule has 0 bridgehead atoms. The topological polar surface area (TPSA) is 61.8 Å². The van der Waals surface area contributed by atoms with E-state index in [1.807, 2.05) is 11.8 Å². The maximum atomic E-state index is 12.2. The largest absolute Gasteiger partial charge is 0.392 e. The third kappa shape index (κ3) is 3.58. The first-order chi connectivity index (χ1) is 9.99. The van der Waals surface area contributed by atoms with E-state index in [1.165, 1.54) is 0 Å². The number of likely N-dealkylation sites (tertiary alicyclic amines) is 1. The second-order valence-electron chi connectivity index (χ2n) is 6.67. The fourth-order valence-electron chi connectivity index (χ4n) is 3.61. The van der Waals surface area contributed by atoms with Crippen molar-refractivity contribution in [2.45, 2.75) is 64.7 Å². The Hall–Kier alpha value is -0.650. The zero-order valence-electron chi connectivity index (χ0n) is 13.6. The Labute approximate surface area is 128 Å². The van der Waals surface area contributed by atoms with Gasteiger partial charge in [-0.15, -0.1) is 0 Å². The first-order valence-electron chi connectivity index (χ1n) is 8.30. The molecule has 2 rings (SSSR count). The number of amides is 1. The molecule has 0 aromatic rings.